The van der Waals surface area contributed by atoms with Crippen molar-refractivity contribution in [3.63, 3.8) is 0 Å². The van der Waals surface area contributed by atoms with Crippen LogP contribution in [0, 0.1) is 26.1 Å². The summed E-state index contributed by atoms with van der Waals surface area (Å²) >= 11 is 0. The lowest BCUT2D eigenvalue weighted by molar-refractivity contribution is -0.393. The van der Waals surface area contributed by atoms with Crippen LogP contribution in [0.1, 0.15) is 30.7 Å². The number of amides is 1. The van der Waals surface area contributed by atoms with Crippen LogP contribution in [0.15, 0.2) is 42.7 Å². The molecule has 1 unspecified atom stereocenters. The Balaban J connectivity index is 1.70. The van der Waals surface area contributed by atoms with Gasteiger partial charge in [0.25, 0.3) is 11.4 Å². The number of hydrogen-bond donors (Lipinski definition) is 1. The molecule has 2 heterocycles. The highest BCUT2D eigenvalue weighted by Gasteiger charge is 2.29. The van der Waals surface area contributed by atoms with Crippen LogP contribution in [0.25, 0.3) is 0 Å². The van der Waals surface area contributed by atoms with Gasteiger partial charge in [-0.1, -0.05) is 6.07 Å². The Bertz CT molecular complexity index is 912. The number of benzene rings is 1. The molecule has 152 valence electrons. The van der Waals surface area contributed by atoms with Crippen LogP contribution in [0.2, 0.25) is 0 Å². The van der Waals surface area contributed by atoms with E-state index in [-0.39, 0.29) is 17.3 Å². The second-order valence-corrected chi connectivity index (χ2v) is 7.09. The maximum atomic E-state index is 11.9. The third kappa shape index (κ3) is 4.65. The molecule has 0 spiro atoms. The van der Waals surface area contributed by atoms with E-state index in [1.165, 1.54) is 12.1 Å². The summed E-state index contributed by atoms with van der Waals surface area (Å²) in [6, 6.07) is 7.30. The first-order chi connectivity index (χ1) is 13.9. The third-order valence-electron chi connectivity index (χ3n) is 5.32. The van der Waals surface area contributed by atoms with Gasteiger partial charge in [-0.25, -0.2) is 0 Å². The second-order valence-electron chi connectivity index (χ2n) is 7.09. The first kappa shape index (κ1) is 20.2. The number of nitrogens with zero attached hydrogens (tertiary/aromatic N) is 4. The summed E-state index contributed by atoms with van der Waals surface area (Å²) < 4.78 is 0. The van der Waals surface area contributed by atoms with Crippen LogP contribution >= 0.6 is 0 Å². The minimum Gasteiger partial charge on any atom is -0.369 e. The first-order valence-corrected chi connectivity index (χ1v) is 9.24. The van der Waals surface area contributed by atoms with Crippen molar-refractivity contribution in [2.24, 2.45) is 11.7 Å². The summed E-state index contributed by atoms with van der Waals surface area (Å²) in [5.74, 6) is -0.582. The van der Waals surface area contributed by atoms with Gasteiger partial charge in [-0.3, -0.25) is 30.0 Å². The number of hydrogen-bond acceptors (Lipinski definition) is 7. The van der Waals surface area contributed by atoms with Gasteiger partial charge in [0, 0.05) is 31.5 Å². The fourth-order valence-electron chi connectivity index (χ4n) is 3.78. The summed E-state index contributed by atoms with van der Waals surface area (Å²) in [4.78, 5) is 38.9. The number of carbonyl (C=O) groups is 1. The Morgan fingerprint density at radius 1 is 1.21 bits per heavy atom. The Morgan fingerprint density at radius 2 is 1.93 bits per heavy atom. The fraction of sp³-hybridized carbons (Fsp3) is 0.368. The molecule has 1 fully saturated rings. The van der Waals surface area contributed by atoms with E-state index in [2.05, 4.69) is 4.98 Å². The van der Waals surface area contributed by atoms with Crippen molar-refractivity contribution in [3.8, 4) is 0 Å². The fourth-order valence-corrected chi connectivity index (χ4v) is 3.78. The van der Waals surface area contributed by atoms with Crippen LogP contribution in [-0.2, 0) is 4.79 Å². The molecule has 1 atom stereocenters. The van der Waals surface area contributed by atoms with Gasteiger partial charge in [-0.2, -0.15) is 0 Å². The lowest BCUT2D eigenvalue weighted by Crippen LogP contribution is -2.35. The van der Waals surface area contributed by atoms with E-state index in [9.17, 15) is 25.0 Å². The number of anilines is 1. The van der Waals surface area contributed by atoms with E-state index in [0.717, 1.165) is 24.5 Å². The molecule has 1 amide bonds. The molecule has 0 radical (unpaired) electrons. The molecule has 1 aliphatic rings. The van der Waals surface area contributed by atoms with E-state index in [0.29, 0.717) is 25.2 Å². The summed E-state index contributed by atoms with van der Waals surface area (Å²) in [6.07, 6.45) is 5.34. The number of primary amides is 1. The summed E-state index contributed by atoms with van der Waals surface area (Å²) in [7, 11) is 0. The number of pyridine rings is 1. The maximum absolute atomic E-state index is 11.9. The largest absolute Gasteiger partial charge is 0.369 e. The molecule has 10 heteroatoms. The number of nitrogens with two attached hydrogens (primary N) is 1. The van der Waals surface area contributed by atoms with Crippen molar-refractivity contribution < 1.29 is 14.6 Å². The molecule has 1 aliphatic heterocycles. The maximum Gasteiger partial charge on any atom is 0.299 e. The van der Waals surface area contributed by atoms with Gasteiger partial charge in [-0.15, -0.1) is 0 Å². The van der Waals surface area contributed by atoms with E-state index in [1.807, 2.05) is 11.0 Å². The normalized spacial score (nSPS) is 15.7. The molecule has 1 saturated heterocycles. The van der Waals surface area contributed by atoms with E-state index in [4.69, 9.17) is 5.73 Å². The molecule has 1 aromatic heterocycles. The molecule has 3 rings (SSSR count). The predicted molar refractivity (Wildman–Crippen MR) is 105 cm³/mol. The van der Waals surface area contributed by atoms with Gasteiger partial charge in [-0.05, 0) is 42.9 Å². The average Bonchev–Trinajstić information content (AvgIpc) is 2.72. The minimum atomic E-state index is -0.647. The van der Waals surface area contributed by atoms with E-state index < -0.39 is 21.7 Å². The number of rotatable bonds is 7. The van der Waals surface area contributed by atoms with Crippen molar-refractivity contribution in [3.05, 3.63) is 68.5 Å². The van der Waals surface area contributed by atoms with Crippen molar-refractivity contribution in [2.45, 2.75) is 25.2 Å². The summed E-state index contributed by atoms with van der Waals surface area (Å²) in [6.45, 7) is 1.11. The zero-order valence-electron chi connectivity index (χ0n) is 15.6. The van der Waals surface area contributed by atoms with Crippen LogP contribution in [-0.4, -0.2) is 33.8 Å². The first-order valence-electron chi connectivity index (χ1n) is 9.24. The van der Waals surface area contributed by atoms with Crippen molar-refractivity contribution in [1.29, 1.82) is 0 Å². The number of non-ortho nitro benzene ring substituents is 1. The van der Waals surface area contributed by atoms with Crippen molar-refractivity contribution >= 4 is 23.0 Å². The molecule has 2 N–H and O–H groups in total. The minimum absolute atomic E-state index is 0.237. The van der Waals surface area contributed by atoms with Gasteiger partial charge in [0.15, 0.2) is 0 Å². The van der Waals surface area contributed by atoms with Crippen molar-refractivity contribution in [1.82, 2.24) is 4.98 Å². The zero-order valence-corrected chi connectivity index (χ0v) is 15.6. The highest BCUT2D eigenvalue weighted by Crippen LogP contribution is 2.36. The number of nitro groups is 2. The van der Waals surface area contributed by atoms with Crippen LogP contribution in [0.5, 0.6) is 0 Å². The Labute approximate surface area is 166 Å². The molecule has 2 aromatic rings. The topological polar surface area (TPSA) is 146 Å². The lowest BCUT2D eigenvalue weighted by Gasteiger charge is -2.34. The SMILES string of the molecule is NC(=O)C(CC1CCN(c2ccc([N+](=O)[O-])cc2[N+](=O)[O-])CC1)c1cccnc1. The molecule has 10 nitrogen and oxygen atoms in total. The Kier molecular flexibility index (Phi) is 6.01. The monoisotopic (exact) mass is 399 g/mol. The van der Waals surface area contributed by atoms with Gasteiger partial charge in [0.05, 0.1) is 21.8 Å². The molecular weight excluding hydrogens is 378 g/mol. The lowest BCUT2D eigenvalue weighted by atomic mass is 9.84. The van der Waals surface area contributed by atoms with Gasteiger partial charge >= 0.3 is 0 Å². The standard InChI is InChI=1S/C19H21N5O5/c20-19(25)16(14-2-1-7-21-12-14)10-13-5-8-22(9-6-13)17-4-3-15(23(26)27)11-18(17)24(28)29/h1-4,7,11-13,16H,5-6,8-10H2,(H2,20,25). The number of piperidine rings is 1. The van der Waals surface area contributed by atoms with Crippen LogP contribution in [0.3, 0.4) is 0 Å². The molecule has 0 bridgehead atoms. The van der Waals surface area contributed by atoms with Gasteiger partial charge < -0.3 is 10.6 Å². The number of carbonyl (C=O) groups excluding carboxylic acids is 1. The molecule has 1 aromatic carbocycles. The molecular formula is C19H21N5O5. The van der Waals surface area contributed by atoms with Gasteiger partial charge in [0.1, 0.15) is 5.69 Å². The molecule has 0 saturated carbocycles. The highest BCUT2D eigenvalue weighted by atomic mass is 16.6. The molecule has 29 heavy (non-hydrogen) atoms. The third-order valence-corrected chi connectivity index (χ3v) is 5.32. The quantitative estimate of drug-likeness (QED) is 0.556. The van der Waals surface area contributed by atoms with Crippen LogP contribution < -0.4 is 10.6 Å². The van der Waals surface area contributed by atoms with E-state index in [1.54, 1.807) is 18.5 Å². The number of aromatic nitrogens is 1. The van der Waals surface area contributed by atoms with Gasteiger partial charge in [0.2, 0.25) is 5.91 Å². The van der Waals surface area contributed by atoms with E-state index >= 15 is 0 Å². The summed E-state index contributed by atoms with van der Waals surface area (Å²) in [5.41, 5.74) is 6.16. The summed E-state index contributed by atoms with van der Waals surface area (Å²) in [5, 5.41) is 22.3. The molecule has 0 aliphatic carbocycles. The second kappa shape index (κ2) is 8.63. The van der Waals surface area contributed by atoms with Crippen molar-refractivity contribution in [2.75, 3.05) is 18.0 Å². The zero-order chi connectivity index (χ0) is 21.0. The average molecular weight is 399 g/mol. The number of nitro benzene ring substituents is 2. The van der Waals surface area contributed by atoms with Crippen LogP contribution in [0.4, 0.5) is 17.1 Å². The smallest absolute Gasteiger partial charge is 0.299 e. The predicted octanol–water partition coefficient (Wildman–Crippen LogP) is 2.77. The Hall–Kier alpha value is -3.56. The Morgan fingerprint density at radius 3 is 2.48 bits per heavy atom. The highest BCUT2D eigenvalue weighted by molar-refractivity contribution is 5.81.